The molecule has 0 bridgehead atoms. The number of Topliss-reactive ketones (excluding diaryl/α,β-unsaturated/α-hetero) is 1. The third kappa shape index (κ3) is 3.05. The molecule has 0 atom stereocenters. The molecular weight excluding hydrogens is 396 g/mol. The molecule has 0 spiro atoms. The van der Waals surface area contributed by atoms with E-state index in [4.69, 9.17) is 0 Å². The minimum absolute atomic E-state index is 0.163. The number of amides is 1. The Morgan fingerprint density at radius 3 is 1.75 bits per heavy atom. The summed E-state index contributed by atoms with van der Waals surface area (Å²) in [5.74, 6) is -0.523. The molecule has 1 amide bonds. The van der Waals surface area contributed by atoms with Crippen LogP contribution in [-0.4, -0.2) is 17.4 Å². The zero-order valence-corrected chi connectivity index (χ0v) is 17.2. The van der Waals surface area contributed by atoms with Crippen molar-refractivity contribution < 1.29 is 9.59 Å². The first kappa shape index (κ1) is 19.6. The number of fused-ring (bicyclic) bond motifs is 1. The van der Waals surface area contributed by atoms with Gasteiger partial charge in [0.2, 0.25) is 5.78 Å². The van der Waals surface area contributed by atoms with Crippen molar-refractivity contribution in [3.8, 4) is 0 Å². The fraction of sp³-hybridized carbons (Fsp3) is 0.0357. The minimum Gasteiger partial charge on any atom is -0.291 e. The molecule has 0 aromatic heterocycles. The fourth-order valence-electron chi connectivity index (χ4n) is 4.43. The van der Waals surface area contributed by atoms with E-state index in [0.29, 0.717) is 5.56 Å². The summed E-state index contributed by atoms with van der Waals surface area (Å²) in [6, 6.07) is 35.9. The summed E-state index contributed by atoms with van der Waals surface area (Å²) < 4.78 is 0. The van der Waals surface area contributed by atoms with Crippen LogP contribution in [-0.2, 0) is 10.2 Å². The van der Waals surface area contributed by atoms with Gasteiger partial charge in [0.1, 0.15) is 11.1 Å². The zero-order chi connectivity index (χ0) is 22.0. The van der Waals surface area contributed by atoms with E-state index in [9.17, 15) is 9.59 Å². The maximum Gasteiger partial charge on any atom is 0.271 e. The number of hydrogen-bond acceptors (Lipinski definition) is 3. The molecular formula is C28H20N2O2. The Labute approximate surface area is 186 Å². The van der Waals surface area contributed by atoms with E-state index in [-0.39, 0.29) is 17.4 Å². The molecule has 0 radical (unpaired) electrons. The van der Waals surface area contributed by atoms with E-state index in [1.54, 1.807) is 24.3 Å². The summed E-state index contributed by atoms with van der Waals surface area (Å²) in [6.07, 6.45) is 0. The summed E-state index contributed by atoms with van der Waals surface area (Å²) in [4.78, 5) is 26.7. The van der Waals surface area contributed by atoms with Gasteiger partial charge in [0.25, 0.3) is 5.91 Å². The molecule has 4 aromatic rings. The third-order valence-electron chi connectivity index (χ3n) is 5.86. The fourth-order valence-corrected chi connectivity index (χ4v) is 4.43. The molecule has 154 valence electrons. The molecule has 0 fully saturated rings. The number of ketones is 1. The highest BCUT2D eigenvalue weighted by Gasteiger charge is 2.52. The van der Waals surface area contributed by atoms with Crippen LogP contribution in [0.15, 0.2) is 120 Å². The van der Waals surface area contributed by atoms with Crippen molar-refractivity contribution in [3.63, 3.8) is 0 Å². The van der Waals surface area contributed by atoms with Crippen LogP contribution in [0.5, 0.6) is 0 Å². The average molecular weight is 416 g/mol. The van der Waals surface area contributed by atoms with Crippen LogP contribution in [0.2, 0.25) is 0 Å². The number of hydrazone groups is 1. The smallest absolute Gasteiger partial charge is 0.271 e. The van der Waals surface area contributed by atoms with E-state index in [2.05, 4.69) is 10.5 Å². The normalized spacial score (nSPS) is 15.4. The number of rotatable bonds is 4. The van der Waals surface area contributed by atoms with E-state index in [0.717, 1.165) is 22.3 Å². The van der Waals surface area contributed by atoms with Crippen LogP contribution in [0, 0.1) is 0 Å². The summed E-state index contributed by atoms with van der Waals surface area (Å²) in [7, 11) is 0. The SMILES string of the molecule is O=C(NN=C1C(=O)C(c2ccccc2)(c2ccccc2)c2ccccc21)c1ccccc1. The van der Waals surface area contributed by atoms with Gasteiger partial charge in [-0.3, -0.25) is 9.59 Å². The van der Waals surface area contributed by atoms with E-state index >= 15 is 0 Å². The molecule has 4 aromatic carbocycles. The maximum absolute atomic E-state index is 14.2. The molecule has 0 heterocycles. The van der Waals surface area contributed by atoms with Gasteiger partial charge in [-0.2, -0.15) is 5.10 Å². The monoisotopic (exact) mass is 416 g/mol. The second kappa shape index (κ2) is 8.08. The lowest BCUT2D eigenvalue weighted by atomic mass is 9.69. The lowest BCUT2D eigenvalue weighted by Gasteiger charge is -2.29. The number of nitrogens with one attached hydrogen (secondary N) is 1. The highest BCUT2D eigenvalue weighted by molar-refractivity contribution is 6.54. The predicted molar refractivity (Wildman–Crippen MR) is 125 cm³/mol. The topological polar surface area (TPSA) is 58.5 Å². The molecule has 0 saturated carbocycles. The molecule has 0 aliphatic heterocycles. The lowest BCUT2D eigenvalue weighted by Crippen LogP contribution is -2.37. The molecule has 4 nitrogen and oxygen atoms in total. The highest BCUT2D eigenvalue weighted by atomic mass is 16.2. The molecule has 0 saturated heterocycles. The Kier molecular flexibility index (Phi) is 4.96. The van der Waals surface area contributed by atoms with Crippen LogP contribution in [0.1, 0.15) is 32.6 Å². The Bertz CT molecular complexity index is 1270. The highest BCUT2D eigenvalue weighted by Crippen LogP contribution is 2.46. The largest absolute Gasteiger partial charge is 0.291 e. The van der Waals surface area contributed by atoms with Gasteiger partial charge in [-0.15, -0.1) is 0 Å². The number of carbonyl (C=O) groups is 2. The Hall–Kier alpha value is -4.31. The van der Waals surface area contributed by atoms with E-state index < -0.39 is 5.41 Å². The van der Waals surface area contributed by atoms with Crippen molar-refractivity contribution in [2.45, 2.75) is 5.41 Å². The van der Waals surface area contributed by atoms with E-state index in [1.165, 1.54) is 0 Å². The Morgan fingerprint density at radius 2 is 1.16 bits per heavy atom. The van der Waals surface area contributed by atoms with Crippen molar-refractivity contribution in [1.29, 1.82) is 0 Å². The zero-order valence-electron chi connectivity index (χ0n) is 17.2. The second-order valence-electron chi connectivity index (χ2n) is 7.62. The van der Waals surface area contributed by atoms with Gasteiger partial charge in [0, 0.05) is 11.1 Å². The summed E-state index contributed by atoms with van der Waals surface area (Å²) in [5, 5.41) is 4.34. The van der Waals surface area contributed by atoms with Crippen LogP contribution < -0.4 is 5.43 Å². The van der Waals surface area contributed by atoms with Crippen molar-refractivity contribution in [3.05, 3.63) is 143 Å². The van der Waals surface area contributed by atoms with Gasteiger partial charge in [0.05, 0.1) is 0 Å². The maximum atomic E-state index is 14.2. The molecule has 1 aliphatic rings. The predicted octanol–water partition coefficient (Wildman–Crippen LogP) is 4.74. The van der Waals surface area contributed by atoms with Crippen molar-refractivity contribution in [2.24, 2.45) is 5.10 Å². The van der Waals surface area contributed by atoms with Crippen molar-refractivity contribution in [2.75, 3.05) is 0 Å². The molecule has 0 unspecified atom stereocenters. The Balaban J connectivity index is 1.68. The van der Waals surface area contributed by atoms with Gasteiger partial charge in [0.15, 0.2) is 0 Å². The quantitative estimate of drug-likeness (QED) is 0.489. The molecule has 5 rings (SSSR count). The van der Waals surface area contributed by atoms with Gasteiger partial charge >= 0.3 is 0 Å². The lowest BCUT2D eigenvalue weighted by molar-refractivity contribution is -0.115. The van der Waals surface area contributed by atoms with Gasteiger partial charge < -0.3 is 0 Å². The summed E-state index contributed by atoms with van der Waals surface area (Å²) in [6.45, 7) is 0. The standard InChI is InChI=1S/C28H20N2O2/c31-26-25(29-30-27(32)20-12-4-1-5-13-20)23-18-10-11-19-24(23)28(26,21-14-6-2-7-15-21)22-16-8-3-9-17-22/h1-19H,(H,30,32). The first-order valence-electron chi connectivity index (χ1n) is 10.4. The van der Waals surface area contributed by atoms with Gasteiger partial charge in [-0.05, 0) is 28.8 Å². The molecule has 4 heteroatoms. The van der Waals surface area contributed by atoms with Crippen LogP contribution in [0.4, 0.5) is 0 Å². The first-order chi connectivity index (χ1) is 15.7. The molecule has 32 heavy (non-hydrogen) atoms. The number of benzene rings is 4. The molecule has 1 N–H and O–H groups in total. The summed E-state index contributed by atoms with van der Waals surface area (Å²) in [5.41, 5.74) is 5.58. The number of carbonyl (C=O) groups excluding carboxylic acids is 2. The van der Waals surface area contributed by atoms with E-state index in [1.807, 2.05) is 91.0 Å². The van der Waals surface area contributed by atoms with Crippen LogP contribution in [0.3, 0.4) is 0 Å². The van der Waals surface area contributed by atoms with Crippen molar-refractivity contribution >= 4 is 17.4 Å². The van der Waals surface area contributed by atoms with Crippen LogP contribution >= 0.6 is 0 Å². The van der Waals surface area contributed by atoms with Crippen molar-refractivity contribution in [1.82, 2.24) is 5.43 Å². The minimum atomic E-state index is -1.03. The first-order valence-corrected chi connectivity index (χ1v) is 10.4. The average Bonchev–Trinajstić information content (AvgIpc) is 3.12. The Morgan fingerprint density at radius 1 is 0.656 bits per heavy atom. The number of hydrogen-bond donors (Lipinski definition) is 1. The van der Waals surface area contributed by atoms with Gasteiger partial charge in [-0.25, -0.2) is 5.43 Å². The molecule has 1 aliphatic carbocycles. The number of nitrogens with zero attached hydrogens (tertiary/aromatic N) is 1. The van der Waals surface area contributed by atoms with Crippen LogP contribution in [0.25, 0.3) is 0 Å². The van der Waals surface area contributed by atoms with Gasteiger partial charge in [-0.1, -0.05) is 103 Å². The third-order valence-corrected chi connectivity index (χ3v) is 5.86. The summed E-state index contributed by atoms with van der Waals surface area (Å²) >= 11 is 0. The second-order valence-corrected chi connectivity index (χ2v) is 7.62.